The van der Waals surface area contributed by atoms with Crippen molar-refractivity contribution in [3.8, 4) is 5.75 Å². The summed E-state index contributed by atoms with van der Waals surface area (Å²) < 4.78 is 38.0. The van der Waals surface area contributed by atoms with Gasteiger partial charge in [0.25, 0.3) is 0 Å². The summed E-state index contributed by atoms with van der Waals surface area (Å²) in [6.07, 6.45) is 3.48. The summed E-state index contributed by atoms with van der Waals surface area (Å²) in [6.45, 7) is 5.15. The second-order valence-electron chi connectivity index (χ2n) is 8.42. The molecule has 3 rings (SSSR count). The molecule has 0 spiro atoms. The number of aromatic nitrogens is 1. The fourth-order valence-corrected chi connectivity index (χ4v) is 4.79. The van der Waals surface area contributed by atoms with E-state index in [0.717, 1.165) is 0 Å². The van der Waals surface area contributed by atoms with Crippen molar-refractivity contribution < 1.29 is 27.5 Å². The second kappa shape index (κ2) is 10.0. The molecule has 0 aliphatic rings. The lowest BCUT2D eigenvalue weighted by Gasteiger charge is -2.25. The molecule has 1 atom stereocenters. The smallest absolute Gasteiger partial charge is 0.340 e. The number of benzene rings is 2. The number of esters is 1. The summed E-state index contributed by atoms with van der Waals surface area (Å²) in [5, 5.41) is 1.58. The van der Waals surface area contributed by atoms with Crippen LogP contribution in [0.4, 0.5) is 5.69 Å². The van der Waals surface area contributed by atoms with Crippen LogP contribution in [0, 0.1) is 0 Å². The highest BCUT2D eigenvalue weighted by Gasteiger charge is 2.32. The summed E-state index contributed by atoms with van der Waals surface area (Å²) in [4.78, 5) is 28.8. The van der Waals surface area contributed by atoms with Gasteiger partial charge in [0.05, 0.1) is 23.3 Å². The summed E-state index contributed by atoms with van der Waals surface area (Å²) in [5.74, 6) is -0.186. The van der Waals surface area contributed by atoms with Crippen LogP contribution in [0.25, 0.3) is 0 Å². The molecule has 0 fully saturated rings. The number of methoxy groups -OCH3 is 1. The van der Waals surface area contributed by atoms with Gasteiger partial charge in [0.1, 0.15) is 11.4 Å². The third-order valence-electron chi connectivity index (χ3n) is 4.80. The summed E-state index contributed by atoms with van der Waals surface area (Å²) in [5.41, 5.74) is -0.254. The molecule has 9 heteroatoms. The van der Waals surface area contributed by atoms with E-state index in [4.69, 9.17) is 9.47 Å². The lowest BCUT2D eigenvalue weighted by atomic mass is 10.1. The Hall–Kier alpha value is -3.72. The summed E-state index contributed by atoms with van der Waals surface area (Å²) in [7, 11) is -2.57. The highest BCUT2D eigenvalue weighted by atomic mass is 32.2. The maximum absolute atomic E-state index is 13.7. The van der Waals surface area contributed by atoms with E-state index in [1.807, 2.05) is 0 Å². The van der Waals surface area contributed by atoms with Crippen molar-refractivity contribution >= 4 is 27.8 Å². The second-order valence-corrected chi connectivity index (χ2v) is 10.5. The number of anilines is 1. The predicted octanol–water partition coefficient (Wildman–Crippen LogP) is 4.44. The number of pyridine rings is 1. The fourth-order valence-electron chi connectivity index (χ4n) is 3.24. The molecule has 0 bridgehead atoms. The van der Waals surface area contributed by atoms with Crippen LogP contribution in [0.5, 0.6) is 5.75 Å². The molecule has 0 aliphatic carbocycles. The zero-order valence-corrected chi connectivity index (χ0v) is 20.1. The maximum atomic E-state index is 13.7. The molecule has 0 amide bonds. The number of rotatable bonds is 8. The minimum Gasteiger partial charge on any atom is -0.497 e. The van der Waals surface area contributed by atoms with Crippen LogP contribution in [0.2, 0.25) is 0 Å². The van der Waals surface area contributed by atoms with Crippen molar-refractivity contribution in [1.82, 2.24) is 4.98 Å². The number of carbonyl (C=O) groups is 2. The molecule has 3 aromatic rings. The first-order valence-electron chi connectivity index (χ1n) is 10.4. The molecule has 0 radical (unpaired) electrons. The SMILES string of the molecule is COc1ccc(S(=O)(=O)C(Nc2c(C=O)cccc2C(=O)OC(C)(C)C)c2cccnc2)cc1. The molecule has 34 heavy (non-hydrogen) atoms. The highest BCUT2D eigenvalue weighted by molar-refractivity contribution is 7.91. The molecule has 0 aliphatic heterocycles. The Morgan fingerprint density at radius 3 is 2.32 bits per heavy atom. The van der Waals surface area contributed by atoms with Gasteiger partial charge in [-0.3, -0.25) is 9.78 Å². The Morgan fingerprint density at radius 1 is 1.06 bits per heavy atom. The first kappa shape index (κ1) is 24.9. The number of nitrogens with one attached hydrogen (secondary N) is 1. The predicted molar refractivity (Wildman–Crippen MR) is 128 cm³/mol. The molecular weight excluding hydrogens is 456 g/mol. The maximum Gasteiger partial charge on any atom is 0.340 e. The van der Waals surface area contributed by atoms with Crippen LogP contribution in [0.15, 0.2) is 71.9 Å². The molecule has 1 aromatic heterocycles. The van der Waals surface area contributed by atoms with Crippen molar-refractivity contribution in [3.63, 3.8) is 0 Å². The molecule has 0 saturated carbocycles. The Morgan fingerprint density at radius 2 is 1.76 bits per heavy atom. The van der Waals surface area contributed by atoms with Gasteiger partial charge in [-0.2, -0.15) is 0 Å². The van der Waals surface area contributed by atoms with Crippen molar-refractivity contribution in [2.75, 3.05) is 12.4 Å². The monoisotopic (exact) mass is 482 g/mol. The molecular formula is C25H26N2O6S. The normalized spacial score (nSPS) is 12.5. The van der Waals surface area contributed by atoms with E-state index in [9.17, 15) is 18.0 Å². The number of aldehydes is 1. The van der Waals surface area contributed by atoms with Crippen molar-refractivity contribution in [2.24, 2.45) is 0 Å². The quantitative estimate of drug-likeness (QED) is 0.370. The van der Waals surface area contributed by atoms with E-state index in [0.29, 0.717) is 17.6 Å². The fraction of sp³-hybridized carbons (Fsp3) is 0.240. The molecule has 1 N–H and O–H groups in total. The molecule has 0 saturated heterocycles. The molecule has 2 aromatic carbocycles. The first-order valence-corrected chi connectivity index (χ1v) is 12.0. The van der Waals surface area contributed by atoms with Crippen molar-refractivity contribution in [2.45, 2.75) is 36.6 Å². The number of nitrogens with zero attached hydrogens (tertiary/aromatic N) is 1. The van der Waals surface area contributed by atoms with Crippen molar-refractivity contribution in [1.29, 1.82) is 0 Å². The van der Waals surface area contributed by atoms with Gasteiger partial charge in [0.2, 0.25) is 9.84 Å². The number of ether oxygens (including phenoxy) is 2. The average molecular weight is 483 g/mol. The number of sulfone groups is 1. The van der Waals surface area contributed by atoms with Crippen LogP contribution in [-0.4, -0.2) is 38.4 Å². The Bertz CT molecular complexity index is 1270. The number of carbonyl (C=O) groups excluding carboxylic acids is 2. The largest absolute Gasteiger partial charge is 0.497 e. The van der Waals surface area contributed by atoms with Gasteiger partial charge in [0.15, 0.2) is 11.7 Å². The zero-order valence-electron chi connectivity index (χ0n) is 19.3. The van der Waals surface area contributed by atoms with E-state index in [1.54, 1.807) is 45.0 Å². The number of hydrogen-bond acceptors (Lipinski definition) is 8. The lowest BCUT2D eigenvalue weighted by Crippen LogP contribution is -2.27. The minimum atomic E-state index is -4.05. The van der Waals surface area contributed by atoms with E-state index >= 15 is 0 Å². The van der Waals surface area contributed by atoms with E-state index in [1.165, 1.54) is 49.8 Å². The average Bonchev–Trinajstić information content (AvgIpc) is 2.81. The Kier molecular flexibility index (Phi) is 7.36. The summed E-state index contributed by atoms with van der Waals surface area (Å²) >= 11 is 0. The van der Waals surface area contributed by atoms with E-state index < -0.39 is 26.8 Å². The molecule has 178 valence electrons. The first-order chi connectivity index (χ1) is 16.1. The van der Waals surface area contributed by atoms with Crippen molar-refractivity contribution in [3.05, 3.63) is 83.7 Å². The van der Waals surface area contributed by atoms with E-state index in [-0.39, 0.29) is 21.7 Å². The van der Waals surface area contributed by atoms with Gasteiger partial charge in [-0.1, -0.05) is 12.1 Å². The number of hydrogen-bond donors (Lipinski definition) is 1. The summed E-state index contributed by atoms with van der Waals surface area (Å²) in [6, 6.07) is 13.6. The third kappa shape index (κ3) is 5.60. The van der Waals surface area contributed by atoms with Gasteiger partial charge in [-0.25, -0.2) is 13.2 Å². The Labute approximate surface area is 198 Å². The van der Waals surface area contributed by atoms with Gasteiger partial charge < -0.3 is 14.8 Å². The Balaban J connectivity index is 2.15. The van der Waals surface area contributed by atoms with Gasteiger partial charge in [-0.05, 0) is 63.2 Å². The van der Waals surface area contributed by atoms with Gasteiger partial charge in [0, 0.05) is 23.5 Å². The van der Waals surface area contributed by atoms with Crippen LogP contribution < -0.4 is 10.1 Å². The number of para-hydroxylation sites is 1. The topological polar surface area (TPSA) is 112 Å². The third-order valence-corrected chi connectivity index (χ3v) is 6.74. The molecule has 1 unspecified atom stereocenters. The van der Waals surface area contributed by atoms with Crippen LogP contribution >= 0.6 is 0 Å². The van der Waals surface area contributed by atoms with Gasteiger partial charge in [-0.15, -0.1) is 0 Å². The van der Waals surface area contributed by atoms with E-state index in [2.05, 4.69) is 10.3 Å². The van der Waals surface area contributed by atoms with Crippen LogP contribution in [0.1, 0.15) is 52.4 Å². The van der Waals surface area contributed by atoms with Crippen LogP contribution in [0.3, 0.4) is 0 Å². The minimum absolute atomic E-state index is 0.0251. The van der Waals surface area contributed by atoms with Crippen LogP contribution in [-0.2, 0) is 14.6 Å². The standard InChI is InChI=1S/C25H26N2O6S/c1-25(2,3)33-24(29)21-9-5-7-18(16-28)22(21)27-23(17-8-6-14-26-15-17)34(30,31)20-12-10-19(32-4)11-13-20/h5-16,23,27H,1-4H3. The van der Waals surface area contributed by atoms with Gasteiger partial charge >= 0.3 is 5.97 Å². The highest BCUT2D eigenvalue weighted by Crippen LogP contribution is 2.34. The zero-order chi connectivity index (χ0) is 24.9. The lowest BCUT2D eigenvalue weighted by molar-refractivity contribution is 0.00705. The molecule has 8 nitrogen and oxygen atoms in total. The molecule has 1 heterocycles.